The molecule has 2 aromatic rings. The van der Waals surface area contributed by atoms with Crippen LogP contribution in [0.3, 0.4) is 0 Å². The van der Waals surface area contributed by atoms with Crippen LogP contribution in [-0.4, -0.2) is 52.0 Å². The molecule has 2 bridgehead atoms. The summed E-state index contributed by atoms with van der Waals surface area (Å²) in [5.74, 6) is 2.14. The van der Waals surface area contributed by atoms with Crippen molar-refractivity contribution in [3.05, 3.63) is 58.7 Å². The summed E-state index contributed by atoms with van der Waals surface area (Å²) in [5.41, 5.74) is 3.83. The van der Waals surface area contributed by atoms with Gasteiger partial charge in [0.1, 0.15) is 6.10 Å². The van der Waals surface area contributed by atoms with Gasteiger partial charge in [-0.05, 0) is 79.7 Å². The van der Waals surface area contributed by atoms with Crippen molar-refractivity contribution in [3.63, 3.8) is 0 Å². The number of aromatic hydroxyl groups is 1. The maximum Gasteiger partial charge on any atom is 0.165 e. The summed E-state index contributed by atoms with van der Waals surface area (Å²) in [4.78, 5) is 2.60. The van der Waals surface area contributed by atoms with Gasteiger partial charge in [-0.3, -0.25) is 4.90 Å². The number of rotatable bonds is 6. The highest BCUT2D eigenvalue weighted by Crippen LogP contribution is 2.65. The average Bonchev–Trinajstić information content (AvgIpc) is 3.59. The van der Waals surface area contributed by atoms with Crippen LogP contribution in [0.5, 0.6) is 11.5 Å². The summed E-state index contributed by atoms with van der Waals surface area (Å²) in [7, 11) is 0. The van der Waals surface area contributed by atoms with Gasteiger partial charge in [0.25, 0.3) is 0 Å². The maximum absolute atomic E-state index is 12.6. The first kappa shape index (κ1) is 22.1. The second-order valence-corrected chi connectivity index (χ2v) is 12.2. The molecule has 35 heavy (non-hydrogen) atoms. The summed E-state index contributed by atoms with van der Waals surface area (Å²) in [6, 6.07) is 12.8. The number of hydrogen-bond acceptors (Lipinski definition) is 5. The standard InChI is InChI=1S/C30H38N2O3/c1-18(2)22-6-4-3-5-21(22)16-31-23-11-12-30(34)25-15-20-9-10-24(33)27-26(20)29(30,28(23)35-27)13-14-32(25)17-19-7-8-19/h3-6,9-10,18-19,23,25,28,31,33-34H,7-8,11-17H2,1-2H3/t23-,25-,28-,29+,30-/m1/s1. The van der Waals surface area contributed by atoms with Crippen molar-refractivity contribution in [2.75, 3.05) is 13.1 Å². The lowest BCUT2D eigenvalue weighted by Gasteiger charge is -2.64. The lowest BCUT2D eigenvalue weighted by Crippen LogP contribution is -2.78. The van der Waals surface area contributed by atoms with Crippen molar-refractivity contribution in [1.82, 2.24) is 10.2 Å². The van der Waals surface area contributed by atoms with E-state index in [9.17, 15) is 10.2 Å². The monoisotopic (exact) mass is 474 g/mol. The summed E-state index contributed by atoms with van der Waals surface area (Å²) < 4.78 is 6.69. The van der Waals surface area contributed by atoms with E-state index >= 15 is 0 Å². The van der Waals surface area contributed by atoms with Crippen LogP contribution < -0.4 is 10.1 Å². The Labute approximate surface area is 208 Å². The van der Waals surface area contributed by atoms with Crippen molar-refractivity contribution in [2.24, 2.45) is 5.92 Å². The lowest BCUT2D eigenvalue weighted by molar-refractivity contribution is -0.191. The lowest BCUT2D eigenvalue weighted by atomic mass is 9.48. The number of nitrogens with one attached hydrogen (secondary N) is 1. The Morgan fingerprint density at radius 2 is 1.94 bits per heavy atom. The predicted molar refractivity (Wildman–Crippen MR) is 136 cm³/mol. The first-order valence-corrected chi connectivity index (χ1v) is 13.7. The van der Waals surface area contributed by atoms with E-state index in [2.05, 4.69) is 54.4 Å². The smallest absolute Gasteiger partial charge is 0.165 e. The Balaban J connectivity index is 1.26. The van der Waals surface area contributed by atoms with E-state index in [0.29, 0.717) is 11.7 Å². The first-order chi connectivity index (χ1) is 16.9. The van der Waals surface area contributed by atoms with Crippen LogP contribution in [0.15, 0.2) is 36.4 Å². The quantitative estimate of drug-likeness (QED) is 0.585. The van der Waals surface area contributed by atoms with E-state index in [-0.39, 0.29) is 23.9 Å². The molecule has 3 fully saturated rings. The van der Waals surface area contributed by atoms with Crippen molar-refractivity contribution < 1.29 is 14.9 Å². The maximum atomic E-state index is 12.6. The molecule has 2 heterocycles. The van der Waals surface area contributed by atoms with E-state index in [1.807, 2.05) is 0 Å². The molecular formula is C30H38N2O3. The molecule has 2 aliphatic heterocycles. The van der Waals surface area contributed by atoms with Crippen LogP contribution >= 0.6 is 0 Å². The minimum absolute atomic E-state index is 0.129. The van der Waals surface area contributed by atoms with Crippen molar-refractivity contribution in [1.29, 1.82) is 0 Å². The molecule has 0 amide bonds. The Bertz CT molecular complexity index is 1160. The van der Waals surface area contributed by atoms with Gasteiger partial charge >= 0.3 is 0 Å². The first-order valence-electron chi connectivity index (χ1n) is 13.7. The fourth-order valence-electron chi connectivity index (χ4n) is 8.19. The highest BCUT2D eigenvalue weighted by molar-refractivity contribution is 5.62. The Kier molecular flexibility index (Phi) is 4.88. The van der Waals surface area contributed by atoms with Crippen molar-refractivity contribution >= 4 is 0 Å². The Hall–Kier alpha value is -2.08. The van der Waals surface area contributed by atoms with Gasteiger partial charge in [0.05, 0.1) is 11.0 Å². The topological polar surface area (TPSA) is 65.0 Å². The minimum atomic E-state index is -0.815. The molecule has 2 saturated carbocycles. The molecule has 0 aromatic heterocycles. The van der Waals surface area contributed by atoms with Gasteiger partial charge < -0.3 is 20.3 Å². The number of ether oxygens (including phenoxy) is 1. The van der Waals surface area contributed by atoms with E-state index in [4.69, 9.17) is 4.74 Å². The molecule has 5 aliphatic rings. The zero-order valence-corrected chi connectivity index (χ0v) is 21.0. The molecule has 5 heteroatoms. The molecule has 5 nitrogen and oxygen atoms in total. The molecule has 0 radical (unpaired) electrons. The highest BCUT2D eigenvalue weighted by atomic mass is 16.5. The predicted octanol–water partition coefficient (Wildman–Crippen LogP) is 4.24. The van der Waals surface area contributed by atoms with Crippen LogP contribution in [0.1, 0.15) is 74.1 Å². The number of piperidine rings is 1. The SMILES string of the molecule is CC(C)c1ccccc1CN[C@@H]1CC[C@@]2(O)[C@H]3Cc4ccc(O)c5c4[C@@]2(CCN3CC2CC2)[C@@H]1O5. The summed E-state index contributed by atoms with van der Waals surface area (Å²) >= 11 is 0. The highest BCUT2D eigenvalue weighted by Gasteiger charge is 2.72. The molecular weight excluding hydrogens is 436 g/mol. The third kappa shape index (κ3) is 3.04. The van der Waals surface area contributed by atoms with Gasteiger partial charge in [-0.2, -0.15) is 0 Å². The van der Waals surface area contributed by atoms with Gasteiger partial charge in [-0.1, -0.05) is 44.2 Å². The fraction of sp³-hybridized carbons (Fsp3) is 0.600. The fourth-order valence-corrected chi connectivity index (χ4v) is 8.19. The number of benzene rings is 2. The average molecular weight is 475 g/mol. The Morgan fingerprint density at radius 3 is 2.74 bits per heavy atom. The molecule has 186 valence electrons. The molecule has 0 unspecified atom stereocenters. The van der Waals surface area contributed by atoms with Gasteiger partial charge in [-0.15, -0.1) is 0 Å². The summed E-state index contributed by atoms with van der Waals surface area (Å²) in [6.45, 7) is 7.40. The number of phenolic OH excluding ortho intramolecular Hbond substituents is 1. The normalized spacial score (nSPS) is 35.1. The number of nitrogens with zero attached hydrogens (tertiary/aromatic N) is 1. The van der Waals surface area contributed by atoms with Crippen LogP contribution in [0.2, 0.25) is 0 Å². The second-order valence-electron chi connectivity index (χ2n) is 12.2. The van der Waals surface area contributed by atoms with Crippen LogP contribution in [-0.2, 0) is 18.4 Å². The van der Waals surface area contributed by atoms with Gasteiger partial charge in [0, 0.05) is 30.7 Å². The minimum Gasteiger partial charge on any atom is -0.504 e. The third-order valence-electron chi connectivity index (χ3n) is 9.99. The molecule has 5 atom stereocenters. The van der Waals surface area contributed by atoms with Gasteiger partial charge in [0.2, 0.25) is 0 Å². The van der Waals surface area contributed by atoms with E-state index in [1.54, 1.807) is 6.07 Å². The molecule has 2 aromatic carbocycles. The van der Waals surface area contributed by atoms with E-state index < -0.39 is 11.0 Å². The van der Waals surface area contributed by atoms with Crippen LogP contribution in [0, 0.1) is 5.92 Å². The van der Waals surface area contributed by atoms with Crippen molar-refractivity contribution in [2.45, 2.75) is 94.0 Å². The zero-order chi connectivity index (χ0) is 23.9. The van der Waals surface area contributed by atoms with Crippen LogP contribution in [0.25, 0.3) is 0 Å². The number of aliphatic hydroxyl groups is 1. The van der Waals surface area contributed by atoms with Gasteiger partial charge in [0.15, 0.2) is 11.5 Å². The molecule has 3 N–H and O–H groups in total. The molecule has 1 saturated heterocycles. The van der Waals surface area contributed by atoms with Crippen molar-refractivity contribution in [3.8, 4) is 11.5 Å². The van der Waals surface area contributed by atoms with Crippen LogP contribution in [0.4, 0.5) is 0 Å². The molecule has 3 aliphatic carbocycles. The largest absolute Gasteiger partial charge is 0.504 e. The third-order valence-corrected chi connectivity index (χ3v) is 9.99. The summed E-state index contributed by atoms with van der Waals surface area (Å²) in [6.07, 6.45) is 5.89. The molecule has 7 rings (SSSR count). The second kappa shape index (κ2) is 7.71. The Morgan fingerprint density at radius 1 is 1.11 bits per heavy atom. The van der Waals surface area contributed by atoms with Gasteiger partial charge in [-0.25, -0.2) is 0 Å². The molecule has 1 spiro atoms. The van der Waals surface area contributed by atoms with E-state index in [0.717, 1.165) is 56.8 Å². The summed E-state index contributed by atoms with van der Waals surface area (Å²) in [5, 5.41) is 27.3. The number of hydrogen-bond donors (Lipinski definition) is 3. The number of phenols is 1. The number of likely N-dealkylation sites (tertiary alicyclic amines) is 1. The van der Waals surface area contributed by atoms with E-state index in [1.165, 1.54) is 29.5 Å². The zero-order valence-electron chi connectivity index (χ0n) is 21.0.